The molecule has 0 aliphatic heterocycles. The second kappa shape index (κ2) is 8.14. The van der Waals surface area contributed by atoms with E-state index in [-0.39, 0.29) is 6.04 Å². The summed E-state index contributed by atoms with van der Waals surface area (Å²) in [5, 5.41) is 8.71. The Morgan fingerprint density at radius 3 is 2.77 bits per heavy atom. The molecule has 0 radical (unpaired) electrons. The van der Waals surface area contributed by atoms with E-state index in [2.05, 4.69) is 51.3 Å². The summed E-state index contributed by atoms with van der Waals surface area (Å²) in [5.41, 5.74) is 2.04. The monoisotopic (exact) mass is 354 g/mol. The van der Waals surface area contributed by atoms with Crippen LogP contribution in [-0.4, -0.2) is 51.4 Å². The minimum absolute atomic E-state index is 0.210. The van der Waals surface area contributed by atoms with E-state index < -0.39 is 0 Å². The van der Waals surface area contributed by atoms with E-state index in [1.165, 1.54) is 5.56 Å². The van der Waals surface area contributed by atoms with Crippen molar-refractivity contribution in [2.24, 2.45) is 7.05 Å². The third-order valence-electron chi connectivity index (χ3n) is 4.72. The third kappa shape index (κ3) is 3.62. The van der Waals surface area contributed by atoms with Gasteiger partial charge in [-0.2, -0.15) is 5.10 Å². The van der Waals surface area contributed by atoms with Crippen molar-refractivity contribution < 1.29 is 4.74 Å². The van der Waals surface area contributed by atoms with Gasteiger partial charge >= 0.3 is 0 Å². The van der Waals surface area contributed by atoms with Crippen molar-refractivity contribution in [1.82, 2.24) is 24.6 Å². The van der Waals surface area contributed by atoms with Gasteiger partial charge in [0.15, 0.2) is 5.65 Å². The van der Waals surface area contributed by atoms with Crippen molar-refractivity contribution in [3.63, 3.8) is 0 Å². The van der Waals surface area contributed by atoms with Crippen LogP contribution in [-0.2, 0) is 7.05 Å². The molecule has 3 rings (SSSR count). The number of ether oxygens (including phenoxy) is 1. The Kier molecular flexibility index (Phi) is 5.68. The van der Waals surface area contributed by atoms with Gasteiger partial charge < -0.3 is 10.1 Å². The van der Waals surface area contributed by atoms with Crippen molar-refractivity contribution in [3.05, 3.63) is 42.4 Å². The van der Waals surface area contributed by atoms with Crippen LogP contribution in [0, 0.1) is 0 Å². The van der Waals surface area contributed by atoms with Gasteiger partial charge in [0.1, 0.15) is 17.9 Å². The first-order chi connectivity index (χ1) is 12.7. The molecule has 0 fully saturated rings. The quantitative estimate of drug-likeness (QED) is 0.671. The molecular formula is C19H26N6O. The number of likely N-dealkylation sites (N-methyl/N-ethyl adjacent to an activating group) is 1. The number of aryl methyl sites for hydroxylation is 1. The van der Waals surface area contributed by atoms with Gasteiger partial charge in [0.25, 0.3) is 0 Å². The summed E-state index contributed by atoms with van der Waals surface area (Å²) in [6.45, 7) is 7.02. The maximum absolute atomic E-state index is 5.40. The van der Waals surface area contributed by atoms with Crippen LogP contribution in [0.2, 0.25) is 0 Å². The number of hydrogen-bond donors (Lipinski definition) is 1. The topological polar surface area (TPSA) is 68.1 Å². The smallest absolute Gasteiger partial charge is 0.163 e. The lowest BCUT2D eigenvalue weighted by atomic mass is 10.0. The number of aromatic nitrogens is 4. The summed E-state index contributed by atoms with van der Waals surface area (Å²) in [7, 11) is 3.58. The Labute approximate surface area is 154 Å². The summed E-state index contributed by atoms with van der Waals surface area (Å²) >= 11 is 0. The average Bonchev–Trinajstić information content (AvgIpc) is 3.07. The normalized spacial score (nSPS) is 12.5. The molecule has 0 saturated heterocycles. The zero-order valence-corrected chi connectivity index (χ0v) is 15.8. The van der Waals surface area contributed by atoms with Gasteiger partial charge in [-0.05, 0) is 30.8 Å². The van der Waals surface area contributed by atoms with Gasteiger partial charge in [-0.15, -0.1) is 0 Å². The van der Waals surface area contributed by atoms with Crippen molar-refractivity contribution in [3.8, 4) is 5.75 Å². The van der Waals surface area contributed by atoms with Crippen molar-refractivity contribution in [1.29, 1.82) is 0 Å². The third-order valence-corrected chi connectivity index (χ3v) is 4.72. The Hall–Kier alpha value is -2.67. The van der Waals surface area contributed by atoms with E-state index in [4.69, 9.17) is 4.74 Å². The van der Waals surface area contributed by atoms with Crippen LogP contribution in [0.15, 0.2) is 36.8 Å². The van der Waals surface area contributed by atoms with Crippen LogP contribution in [0.3, 0.4) is 0 Å². The molecule has 26 heavy (non-hydrogen) atoms. The second-order valence-corrected chi connectivity index (χ2v) is 6.12. The lowest BCUT2D eigenvalue weighted by molar-refractivity contribution is 0.227. The van der Waals surface area contributed by atoms with Crippen LogP contribution in [0.5, 0.6) is 5.75 Å². The number of fused-ring (bicyclic) bond motifs is 1. The van der Waals surface area contributed by atoms with Gasteiger partial charge in [0, 0.05) is 13.6 Å². The van der Waals surface area contributed by atoms with E-state index in [0.717, 1.165) is 42.2 Å². The molecule has 1 atom stereocenters. The van der Waals surface area contributed by atoms with Crippen LogP contribution < -0.4 is 10.1 Å². The first kappa shape index (κ1) is 18.1. The molecule has 2 heterocycles. The lowest BCUT2D eigenvalue weighted by Gasteiger charge is -2.30. The minimum Gasteiger partial charge on any atom is -0.497 e. The highest BCUT2D eigenvalue weighted by molar-refractivity contribution is 5.85. The fourth-order valence-corrected chi connectivity index (χ4v) is 3.27. The van der Waals surface area contributed by atoms with E-state index in [9.17, 15) is 0 Å². The number of rotatable bonds is 8. The highest BCUT2D eigenvalue weighted by Gasteiger charge is 2.19. The second-order valence-electron chi connectivity index (χ2n) is 6.12. The highest BCUT2D eigenvalue weighted by Crippen LogP contribution is 2.26. The van der Waals surface area contributed by atoms with Crippen LogP contribution >= 0.6 is 0 Å². The molecule has 3 aromatic rings. The molecule has 0 aliphatic rings. The molecule has 7 nitrogen and oxygen atoms in total. The molecule has 0 unspecified atom stereocenters. The van der Waals surface area contributed by atoms with E-state index in [0.29, 0.717) is 0 Å². The van der Waals surface area contributed by atoms with Gasteiger partial charge in [0.2, 0.25) is 0 Å². The van der Waals surface area contributed by atoms with Gasteiger partial charge in [-0.1, -0.05) is 26.0 Å². The number of benzene rings is 1. The molecule has 7 heteroatoms. The van der Waals surface area contributed by atoms with E-state index >= 15 is 0 Å². The zero-order chi connectivity index (χ0) is 18.5. The first-order valence-corrected chi connectivity index (χ1v) is 8.92. The molecule has 1 aromatic carbocycles. The van der Waals surface area contributed by atoms with Crippen molar-refractivity contribution >= 4 is 16.9 Å². The Morgan fingerprint density at radius 1 is 1.23 bits per heavy atom. The van der Waals surface area contributed by atoms with Crippen LogP contribution in [0.4, 0.5) is 5.82 Å². The summed E-state index contributed by atoms with van der Waals surface area (Å²) < 4.78 is 7.16. The molecule has 1 N–H and O–H groups in total. The van der Waals surface area contributed by atoms with Crippen molar-refractivity contribution in [2.75, 3.05) is 32.1 Å². The Bertz CT molecular complexity index is 858. The molecule has 0 spiro atoms. The number of anilines is 1. The zero-order valence-electron chi connectivity index (χ0n) is 15.8. The highest BCUT2D eigenvalue weighted by atomic mass is 16.5. The summed E-state index contributed by atoms with van der Waals surface area (Å²) in [4.78, 5) is 11.1. The fourth-order valence-electron chi connectivity index (χ4n) is 3.27. The largest absolute Gasteiger partial charge is 0.497 e. The van der Waals surface area contributed by atoms with Gasteiger partial charge in [-0.25, -0.2) is 9.97 Å². The molecule has 0 amide bonds. The lowest BCUT2D eigenvalue weighted by Crippen LogP contribution is -2.33. The van der Waals surface area contributed by atoms with E-state index in [1.807, 2.05) is 19.2 Å². The summed E-state index contributed by atoms with van der Waals surface area (Å²) in [6.07, 6.45) is 3.37. The Balaban J connectivity index is 1.87. The number of nitrogens with one attached hydrogen (secondary N) is 1. The summed E-state index contributed by atoms with van der Waals surface area (Å²) in [6, 6.07) is 8.47. The maximum atomic E-state index is 5.40. The predicted molar refractivity (Wildman–Crippen MR) is 103 cm³/mol. The van der Waals surface area contributed by atoms with Crippen molar-refractivity contribution in [2.45, 2.75) is 19.9 Å². The fraction of sp³-hybridized carbons (Fsp3) is 0.421. The molecule has 0 bridgehead atoms. The number of hydrogen-bond acceptors (Lipinski definition) is 6. The maximum Gasteiger partial charge on any atom is 0.163 e. The van der Waals surface area contributed by atoms with Crippen LogP contribution in [0.25, 0.3) is 11.0 Å². The Morgan fingerprint density at radius 2 is 2.04 bits per heavy atom. The van der Waals surface area contributed by atoms with Crippen LogP contribution in [0.1, 0.15) is 25.5 Å². The first-order valence-electron chi connectivity index (χ1n) is 8.92. The molecule has 0 saturated carbocycles. The standard InChI is InChI=1S/C19H26N6O/c1-5-25(6-2)17(14-8-7-9-15(10-14)26-4)12-20-18-16-11-23-24(3)19(16)22-13-21-18/h7-11,13,17H,5-6,12H2,1-4H3,(H,20,21,22)/t17-/m1/s1. The SMILES string of the molecule is CCN(CC)[C@H](CNc1ncnc2c1cnn2C)c1cccc(OC)c1. The van der Waals surface area contributed by atoms with Gasteiger partial charge in [-0.3, -0.25) is 9.58 Å². The molecule has 138 valence electrons. The average molecular weight is 354 g/mol. The number of nitrogens with zero attached hydrogens (tertiary/aromatic N) is 5. The minimum atomic E-state index is 0.210. The summed E-state index contributed by atoms with van der Waals surface area (Å²) in [5.74, 6) is 1.68. The predicted octanol–water partition coefficient (Wildman–Crippen LogP) is 2.87. The molecular weight excluding hydrogens is 328 g/mol. The van der Waals surface area contributed by atoms with E-state index in [1.54, 1.807) is 24.3 Å². The number of methoxy groups -OCH3 is 1. The van der Waals surface area contributed by atoms with Gasteiger partial charge in [0.05, 0.1) is 24.7 Å². The molecule has 2 aromatic heterocycles. The molecule has 0 aliphatic carbocycles.